The number of anilines is 1. The first-order chi connectivity index (χ1) is 7.72. The van der Waals surface area contributed by atoms with E-state index in [4.69, 9.17) is 5.11 Å². The van der Waals surface area contributed by atoms with Gasteiger partial charge in [-0.2, -0.15) is 0 Å². The van der Waals surface area contributed by atoms with E-state index < -0.39 is 0 Å². The highest BCUT2D eigenvalue weighted by Gasteiger charge is 2.19. The van der Waals surface area contributed by atoms with Crippen LogP contribution in [0.5, 0.6) is 0 Å². The highest BCUT2D eigenvalue weighted by Crippen LogP contribution is 2.37. The molecule has 0 amide bonds. The van der Waals surface area contributed by atoms with Gasteiger partial charge in [0.2, 0.25) is 0 Å². The van der Waals surface area contributed by atoms with Gasteiger partial charge in [-0.15, -0.1) is 11.8 Å². The molecule has 1 unspecified atom stereocenters. The zero-order chi connectivity index (χ0) is 11.5. The molecule has 2 nitrogen and oxygen atoms in total. The molecule has 2 rings (SSSR count). The van der Waals surface area contributed by atoms with Crippen LogP contribution in [0, 0.1) is 13.8 Å². The number of hydrogen-bond donors (Lipinski definition) is 2. The van der Waals surface area contributed by atoms with Gasteiger partial charge >= 0.3 is 0 Å². The molecule has 1 heterocycles. The predicted molar refractivity (Wildman–Crippen MR) is 70.4 cm³/mol. The first-order valence-corrected chi connectivity index (χ1v) is 6.81. The molecule has 3 heteroatoms. The number of nitrogens with one attached hydrogen (secondary N) is 1. The number of fused-ring (bicyclic) bond motifs is 1. The average molecular weight is 237 g/mol. The summed E-state index contributed by atoms with van der Waals surface area (Å²) >= 11 is 1.93. The van der Waals surface area contributed by atoms with Crippen molar-refractivity contribution in [2.45, 2.75) is 37.6 Å². The Bertz CT molecular complexity index is 378. The van der Waals surface area contributed by atoms with Crippen molar-refractivity contribution in [3.05, 3.63) is 23.3 Å². The third-order valence-electron chi connectivity index (χ3n) is 3.20. The third-order valence-corrected chi connectivity index (χ3v) is 4.42. The summed E-state index contributed by atoms with van der Waals surface area (Å²) in [5.41, 5.74) is 4.01. The van der Waals surface area contributed by atoms with Crippen LogP contribution in [0.25, 0.3) is 0 Å². The van der Waals surface area contributed by atoms with E-state index in [0.717, 1.165) is 18.6 Å². The molecule has 0 saturated carbocycles. The van der Waals surface area contributed by atoms with Crippen molar-refractivity contribution < 1.29 is 5.11 Å². The number of aryl methyl sites for hydroxylation is 1. The zero-order valence-electron chi connectivity index (χ0n) is 9.92. The minimum Gasteiger partial charge on any atom is -0.396 e. The van der Waals surface area contributed by atoms with E-state index >= 15 is 0 Å². The highest BCUT2D eigenvalue weighted by atomic mass is 32.2. The molecule has 0 radical (unpaired) electrons. The second-order valence-corrected chi connectivity index (χ2v) is 5.46. The van der Waals surface area contributed by atoms with Gasteiger partial charge in [0, 0.05) is 23.3 Å². The zero-order valence-corrected chi connectivity index (χ0v) is 10.7. The Kier molecular flexibility index (Phi) is 3.77. The fraction of sp³-hybridized carbons (Fsp3) is 0.538. The normalized spacial score (nSPS) is 19.1. The Hall–Kier alpha value is -0.670. The van der Waals surface area contributed by atoms with Crippen LogP contribution < -0.4 is 5.32 Å². The lowest BCUT2D eigenvalue weighted by molar-refractivity contribution is 0.282. The van der Waals surface area contributed by atoms with E-state index in [1.165, 1.54) is 21.7 Å². The lowest BCUT2D eigenvalue weighted by Gasteiger charge is -2.28. The number of aliphatic hydroxyl groups excluding tert-OH is 1. The summed E-state index contributed by atoms with van der Waals surface area (Å²) in [6.07, 6.45) is 1.94. The van der Waals surface area contributed by atoms with E-state index in [2.05, 4.69) is 31.3 Å². The molecule has 2 N–H and O–H groups in total. The van der Waals surface area contributed by atoms with Crippen LogP contribution in [0.15, 0.2) is 17.0 Å². The van der Waals surface area contributed by atoms with E-state index in [-0.39, 0.29) is 0 Å². The first kappa shape index (κ1) is 11.8. The van der Waals surface area contributed by atoms with Gasteiger partial charge in [-0.25, -0.2) is 0 Å². The number of thioether (sulfide) groups is 1. The van der Waals surface area contributed by atoms with Gasteiger partial charge in [0.05, 0.1) is 5.69 Å². The maximum absolute atomic E-state index is 8.86. The molecule has 88 valence electrons. The van der Waals surface area contributed by atoms with Crippen LogP contribution in [0.4, 0.5) is 5.69 Å². The molecule has 1 aromatic carbocycles. The molecule has 1 aromatic rings. The van der Waals surface area contributed by atoms with Crippen LogP contribution in [-0.4, -0.2) is 23.5 Å². The molecule has 16 heavy (non-hydrogen) atoms. The first-order valence-electron chi connectivity index (χ1n) is 5.82. The Labute approximate surface area is 101 Å². The smallest absolute Gasteiger partial charge is 0.0513 e. The summed E-state index contributed by atoms with van der Waals surface area (Å²) in [5.74, 6) is 1.11. The average Bonchev–Trinajstić information content (AvgIpc) is 2.31. The highest BCUT2D eigenvalue weighted by molar-refractivity contribution is 7.99. The molecular formula is C13H19NOS. The summed E-state index contributed by atoms with van der Waals surface area (Å²) in [4.78, 5) is 1.36. The molecular weight excluding hydrogens is 218 g/mol. The predicted octanol–water partition coefficient (Wildman–Crippen LogP) is 2.96. The molecule has 0 bridgehead atoms. The van der Waals surface area contributed by atoms with Gasteiger partial charge in [0.25, 0.3) is 0 Å². The second kappa shape index (κ2) is 5.11. The third kappa shape index (κ3) is 2.36. The van der Waals surface area contributed by atoms with Gasteiger partial charge in [-0.3, -0.25) is 0 Å². The Morgan fingerprint density at radius 1 is 1.44 bits per heavy atom. The molecule has 0 saturated heterocycles. The standard InChI is InChI=1S/C13H19NOS/c1-9-5-6-12-13(10(9)2)14-11(8-16-12)4-3-7-15/h5-6,11,14-15H,3-4,7-8H2,1-2H3. The molecule has 0 aromatic heterocycles. The van der Waals surface area contributed by atoms with E-state index in [0.29, 0.717) is 12.6 Å². The summed E-state index contributed by atoms with van der Waals surface area (Å²) < 4.78 is 0. The van der Waals surface area contributed by atoms with Gasteiger partial charge in [0.15, 0.2) is 0 Å². The lowest BCUT2D eigenvalue weighted by atomic mass is 10.1. The fourth-order valence-corrected chi connectivity index (χ4v) is 3.17. The molecule has 1 aliphatic heterocycles. The molecule has 0 fully saturated rings. The topological polar surface area (TPSA) is 32.3 Å². The summed E-state index contributed by atoms with van der Waals surface area (Å²) in [5, 5.41) is 12.5. The van der Waals surface area contributed by atoms with Crippen molar-refractivity contribution in [1.29, 1.82) is 0 Å². The van der Waals surface area contributed by atoms with Gasteiger partial charge in [-0.1, -0.05) is 6.07 Å². The Morgan fingerprint density at radius 3 is 3.00 bits per heavy atom. The van der Waals surface area contributed by atoms with Gasteiger partial charge in [0.1, 0.15) is 0 Å². The minimum absolute atomic E-state index is 0.294. The van der Waals surface area contributed by atoms with Crippen LogP contribution in [0.2, 0.25) is 0 Å². The van der Waals surface area contributed by atoms with E-state index in [9.17, 15) is 0 Å². The van der Waals surface area contributed by atoms with Crippen molar-refractivity contribution >= 4 is 17.4 Å². The fourth-order valence-electron chi connectivity index (χ4n) is 2.02. The maximum atomic E-state index is 8.86. The monoisotopic (exact) mass is 237 g/mol. The Balaban J connectivity index is 2.15. The van der Waals surface area contributed by atoms with Crippen molar-refractivity contribution in [2.75, 3.05) is 17.7 Å². The molecule has 0 spiro atoms. The number of aliphatic hydroxyl groups is 1. The summed E-state index contributed by atoms with van der Waals surface area (Å²) in [7, 11) is 0. The van der Waals surface area contributed by atoms with E-state index in [1.807, 2.05) is 11.8 Å². The Morgan fingerprint density at radius 2 is 2.25 bits per heavy atom. The summed E-state index contributed by atoms with van der Waals surface area (Å²) in [6.45, 7) is 4.62. The number of hydrogen-bond acceptors (Lipinski definition) is 3. The number of rotatable bonds is 3. The van der Waals surface area contributed by atoms with Gasteiger partial charge < -0.3 is 10.4 Å². The largest absolute Gasteiger partial charge is 0.396 e. The SMILES string of the molecule is Cc1ccc2c(c1C)NC(CCCO)CS2. The van der Waals surface area contributed by atoms with Crippen molar-refractivity contribution in [3.8, 4) is 0 Å². The van der Waals surface area contributed by atoms with Crippen molar-refractivity contribution in [3.63, 3.8) is 0 Å². The molecule has 0 aliphatic carbocycles. The van der Waals surface area contributed by atoms with Crippen molar-refractivity contribution in [1.82, 2.24) is 0 Å². The number of benzene rings is 1. The minimum atomic E-state index is 0.294. The lowest BCUT2D eigenvalue weighted by Crippen LogP contribution is -2.26. The maximum Gasteiger partial charge on any atom is 0.0513 e. The van der Waals surface area contributed by atoms with Crippen LogP contribution in [-0.2, 0) is 0 Å². The quantitative estimate of drug-likeness (QED) is 0.847. The van der Waals surface area contributed by atoms with Crippen LogP contribution in [0.1, 0.15) is 24.0 Å². The molecule has 1 aliphatic rings. The van der Waals surface area contributed by atoms with Crippen LogP contribution in [0.3, 0.4) is 0 Å². The van der Waals surface area contributed by atoms with Crippen LogP contribution >= 0.6 is 11.8 Å². The van der Waals surface area contributed by atoms with Crippen molar-refractivity contribution in [2.24, 2.45) is 0 Å². The molecule has 1 atom stereocenters. The summed E-state index contributed by atoms with van der Waals surface area (Å²) in [6, 6.07) is 4.90. The van der Waals surface area contributed by atoms with Gasteiger partial charge in [-0.05, 0) is 43.9 Å². The van der Waals surface area contributed by atoms with E-state index in [1.54, 1.807) is 0 Å². The second-order valence-electron chi connectivity index (χ2n) is 4.40.